The second-order valence-electron chi connectivity index (χ2n) is 3.80. The van der Waals surface area contributed by atoms with E-state index in [1.807, 2.05) is 12.1 Å². The minimum Gasteiger partial charge on any atom is -0.242 e. The third kappa shape index (κ3) is 4.15. The first-order valence-electron chi connectivity index (χ1n) is 5.54. The van der Waals surface area contributed by atoms with Crippen LogP contribution in [0.1, 0.15) is 48.5 Å². The van der Waals surface area contributed by atoms with Gasteiger partial charge in [-0.15, -0.1) is 0 Å². The molecule has 81 valence electrons. The fourth-order valence-electron chi connectivity index (χ4n) is 1.56. The maximum atomic E-state index is 10.5. The second kappa shape index (κ2) is 6.23. The molecular weight excluding hydrogens is 188 g/mol. The molecule has 0 spiro atoms. The second-order valence-corrected chi connectivity index (χ2v) is 3.80. The molecule has 2 heteroatoms. The Bertz CT molecular complexity index is 301. The van der Waals surface area contributed by atoms with Crippen LogP contribution in [-0.2, 0) is 11.5 Å². The van der Waals surface area contributed by atoms with Crippen molar-refractivity contribution in [3.63, 3.8) is 0 Å². The van der Waals surface area contributed by atoms with Gasteiger partial charge >= 0.3 is 5.97 Å². The maximum absolute atomic E-state index is 10.5. The van der Waals surface area contributed by atoms with E-state index >= 15 is 0 Å². The van der Waals surface area contributed by atoms with Gasteiger partial charge in [-0.25, -0.2) is 9.90 Å². The largest absolute Gasteiger partial charge is 0.386 e. The van der Waals surface area contributed by atoms with E-state index in [0.717, 1.165) is 6.42 Å². The van der Waals surface area contributed by atoms with E-state index < -0.39 is 5.97 Å². The Hall–Kier alpha value is -1.31. The lowest BCUT2D eigenvalue weighted by Crippen LogP contribution is -1.94. The van der Waals surface area contributed by atoms with Gasteiger partial charge in [-0.2, -0.15) is 0 Å². The summed E-state index contributed by atoms with van der Waals surface area (Å²) in [5, 5.41) is 10.5. The molecule has 1 rings (SSSR count). The van der Waals surface area contributed by atoms with Gasteiger partial charge in [0.05, 0.1) is 5.56 Å². The van der Waals surface area contributed by atoms with Crippen LogP contribution in [0.5, 0.6) is 0 Å². The highest BCUT2D eigenvalue weighted by atomic mass is 16.4. The first-order chi connectivity index (χ1) is 7.24. The van der Waals surface area contributed by atoms with E-state index in [1.165, 1.54) is 31.2 Å². The van der Waals surface area contributed by atoms with E-state index in [9.17, 15) is 9.90 Å². The molecule has 1 aromatic carbocycles. The number of rotatable bonds is 6. The number of benzene rings is 1. The Morgan fingerprint density at radius 3 is 2.27 bits per heavy atom. The molecule has 1 radical (unpaired) electrons. The number of hydrogen-bond acceptors (Lipinski definition) is 1. The van der Waals surface area contributed by atoms with Crippen molar-refractivity contribution in [2.45, 2.75) is 39.0 Å². The van der Waals surface area contributed by atoms with Gasteiger partial charge in [0.25, 0.3) is 0 Å². The molecule has 0 fully saturated rings. The van der Waals surface area contributed by atoms with Crippen LogP contribution >= 0.6 is 0 Å². The van der Waals surface area contributed by atoms with Gasteiger partial charge in [0.1, 0.15) is 0 Å². The molecule has 1 aromatic rings. The highest BCUT2D eigenvalue weighted by molar-refractivity contribution is 5.87. The normalized spacial score (nSPS) is 10.2. The third-order valence-electron chi connectivity index (χ3n) is 2.51. The van der Waals surface area contributed by atoms with Gasteiger partial charge in [-0.05, 0) is 30.5 Å². The number of hydrogen-bond donors (Lipinski definition) is 0. The topological polar surface area (TPSA) is 37.0 Å². The van der Waals surface area contributed by atoms with Crippen LogP contribution in [0.4, 0.5) is 0 Å². The summed E-state index contributed by atoms with van der Waals surface area (Å²) in [6, 6.07) is 6.98. The molecule has 0 unspecified atom stereocenters. The molecule has 0 heterocycles. The van der Waals surface area contributed by atoms with Crippen molar-refractivity contribution in [1.82, 2.24) is 0 Å². The average Bonchev–Trinajstić information content (AvgIpc) is 2.25. The van der Waals surface area contributed by atoms with Gasteiger partial charge < -0.3 is 0 Å². The maximum Gasteiger partial charge on any atom is 0.386 e. The summed E-state index contributed by atoms with van der Waals surface area (Å²) in [5.74, 6) is -1.10. The molecule has 0 saturated heterocycles. The van der Waals surface area contributed by atoms with Crippen molar-refractivity contribution < 1.29 is 9.90 Å². The Kier molecular flexibility index (Phi) is 4.88. The molecule has 0 saturated carbocycles. The van der Waals surface area contributed by atoms with Crippen molar-refractivity contribution in [1.29, 1.82) is 0 Å². The zero-order valence-electron chi connectivity index (χ0n) is 9.16. The Morgan fingerprint density at radius 2 is 1.73 bits per heavy atom. The highest BCUT2D eigenvalue weighted by Gasteiger charge is 2.03. The predicted molar refractivity (Wildman–Crippen MR) is 59.3 cm³/mol. The van der Waals surface area contributed by atoms with Crippen molar-refractivity contribution >= 4 is 5.97 Å². The summed E-state index contributed by atoms with van der Waals surface area (Å²) < 4.78 is 0. The molecule has 2 nitrogen and oxygen atoms in total. The lowest BCUT2D eigenvalue weighted by molar-refractivity contribution is 0.0573. The van der Waals surface area contributed by atoms with Crippen LogP contribution in [0, 0.1) is 0 Å². The van der Waals surface area contributed by atoms with Crippen LogP contribution in [0.25, 0.3) is 0 Å². The van der Waals surface area contributed by atoms with E-state index in [0.29, 0.717) is 0 Å². The quantitative estimate of drug-likeness (QED) is 0.656. The van der Waals surface area contributed by atoms with Crippen LogP contribution in [0.3, 0.4) is 0 Å². The van der Waals surface area contributed by atoms with E-state index in [-0.39, 0.29) is 5.56 Å². The van der Waals surface area contributed by atoms with Gasteiger partial charge in [-0.1, -0.05) is 38.3 Å². The van der Waals surface area contributed by atoms with Gasteiger partial charge in [-0.3, -0.25) is 0 Å². The van der Waals surface area contributed by atoms with Gasteiger partial charge in [0.15, 0.2) is 0 Å². The molecule has 0 N–H and O–H groups in total. The van der Waals surface area contributed by atoms with Crippen molar-refractivity contribution in [3.05, 3.63) is 35.4 Å². The van der Waals surface area contributed by atoms with E-state index in [1.54, 1.807) is 12.1 Å². The standard InChI is InChI=1S/C13H17O2/c1-2-3-4-5-6-11-7-9-12(10-8-11)13(14)15/h7-10H,2-6H2,1H3. The minimum absolute atomic E-state index is 0.257. The molecule has 15 heavy (non-hydrogen) atoms. The predicted octanol–water partition coefficient (Wildman–Crippen LogP) is 3.38. The lowest BCUT2D eigenvalue weighted by Gasteiger charge is -2.01. The monoisotopic (exact) mass is 205 g/mol. The molecule has 0 aliphatic rings. The zero-order valence-corrected chi connectivity index (χ0v) is 9.16. The molecule has 0 atom stereocenters. The Balaban J connectivity index is 2.39. The van der Waals surface area contributed by atoms with Gasteiger partial charge in [0.2, 0.25) is 0 Å². The first kappa shape index (κ1) is 11.8. The molecule has 0 aromatic heterocycles. The number of aryl methyl sites for hydroxylation is 1. The summed E-state index contributed by atoms with van der Waals surface area (Å²) in [5.41, 5.74) is 1.46. The number of carbonyl (C=O) groups is 1. The summed E-state index contributed by atoms with van der Waals surface area (Å²) in [6.45, 7) is 2.19. The summed E-state index contributed by atoms with van der Waals surface area (Å²) >= 11 is 0. The van der Waals surface area contributed by atoms with Crippen molar-refractivity contribution in [2.75, 3.05) is 0 Å². The summed E-state index contributed by atoms with van der Waals surface area (Å²) in [4.78, 5) is 10.5. The smallest absolute Gasteiger partial charge is 0.242 e. The third-order valence-corrected chi connectivity index (χ3v) is 2.51. The van der Waals surface area contributed by atoms with Gasteiger partial charge in [0, 0.05) is 0 Å². The summed E-state index contributed by atoms with van der Waals surface area (Å²) in [7, 11) is 0. The van der Waals surface area contributed by atoms with Crippen LogP contribution in [-0.4, -0.2) is 5.97 Å². The fourth-order valence-corrected chi connectivity index (χ4v) is 1.56. The molecule has 0 aliphatic heterocycles. The Morgan fingerprint density at radius 1 is 1.07 bits per heavy atom. The van der Waals surface area contributed by atoms with Crippen LogP contribution in [0.2, 0.25) is 0 Å². The molecule has 0 bridgehead atoms. The SMILES string of the molecule is CCCCCCc1ccc(C([O])=O)cc1. The molecular formula is C13H17O2. The minimum atomic E-state index is -1.10. The lowest BCUT2D eigenvalue weighted by atomic mass is 10.0. The fraction of sp³-hybridized carbons (Fsp3) is 0.462. The number of carbonyl (C=O) groups excluding carboxylic acids is 1. The van der Waals surface area contributed by atoms with Crippen LogP contribution in [0.15, 0.2) is 24.3 Å². The van der Waals surface area contributed by atoms with Crippen molar-refractivity contribution in [2.24, 2.45) is 0 Å². The number of unbranched alkanes of at least 4 members (excludes halogenated alkanes) is 3. The molecule has 0 amide bonds. The zero-order chi connectivity index (χ0) is 11.1. The van der Waals surface area contributed by atoms with Crippen LogP contribution < -0.4 is 0 Å². The average molecular weight is 205 g/mol. The van der Waals surface area contributed by atoms with E-state index in [4.69, 9.17) is 0 Å². The van der Waals surface area contributed by atoms with Crippen molar-refractivity contribution in [3.8, 4) is 0 Å². The Labute approximate surface area is 90.9 Å². The molecule has 0 aliphatic carbocycles. The summed E-state index contributed by atoms with van der Waals surface area (Å²) in [6.07, 6.45) is 5.98. The first-order valence-corrected chi connectivity index (χ1v) is 5.54. The highest BCUT2D eigenvalue weighted by Crippen LogP contribution is 2.09. The van der Waals surface area contributed by atoms with E-state index in [2.05, 4.69) is 6.92 Å².